The first-order valence-corrected chi connectivity index (χ1v) is 11.8. The molecule has 0 saturated carbocycles. The third-order valence-corrected chi connectivity index (χ3v) is 5.65. The lowest BCUT2D eigenvalue weighted by Crippen LogP contribution is -2.37. The summed E-state index contributed by atoms with van der Waals surface area (Å²) >= 11 is 0. The van der Waals surface area contributed by atoms with Crippen molar-refractivity contribution in [3.8, 4) is 5.75 Å². The van der Waals surface area contributed by atoms with E-state index in [4.69, 9.17) is 4.74 Å². The summed E-state index contributed by atoms with van der Waals surface area (Å²) in [5, 5.41) is 6.38. The summed E-state index contributed by atoms with van der Waals surface area (Å²) in [6, 6.07) is 12.2. The van der Waals surface area contributed by atoms with Crippen LogP contribution in [0, 0.1) is 5.82 Å². The van der Waals surface area contributed by atoms with E-state index in [0.29, 0.717) is 29.5 Å². The Morgan fingerprint density at radius 3 is 2.39 bits per heavy atom. The first-order valence-electron chi connectivity index (χ1n) is 9.75. The second-order valence-corrected chi connectivity index (χ2v) is 9.44. The van der Waals surface area contributed by atoms with Crippen molar-refractivity contribution in [3.05, 3.63) is 65.0 Å². The molecule has 2 N–H and O–H groups in total. The molecule has 0 heterocycles. The summed E-state index contributed by atoms with van der Waals surface area (Å²) in [5.74, 6) is 1.23. The van der Waals surface area contributed by atoms with Gasteiger partial charge in [0.2, 0.25) is 0 Å². The molecule has 2 aromatic carbocycles. The molecule has 1 unspecified atom stereocenters. The molecule has 0 aromatic heterocycles. The summed E-state index contributed by atoms with van der Waals surface area (Å²) in [4.78, 5) is 4.19. The van der Waals surface area contributed by atoms with Gasteiger partial charge in [-0.2, -0.15) is 0 Å². The van der Waals surface area contributed by atoms with Gasteiger partial charge in [0.05, 0.1) is 12.9 Å². The lowest BCUT2D eigenvalue weighted by atomic mass is 9.98. The van der Waals surface area contributed by atoms with Crippen LogP contribution in [-0.2, 0) is 22.1 Å². The molecule has 2 rings (SSSR count). The second-order valence-electron chi connectivity index (χ2n) is 7.30. The second kappa shape index (κ2) is 12.8. The maximum Gasteiger partial charge on any atom is 0.191 e. The summed E-state index contributed by atoms with van der Waals surface area (Å²) in [6.45, 7) is 3.13. The maximum absolute atomic E-state index is 13.7. The maximum atomic E-state index is 13.7. The molecule has 0 aliphatic carbocycles. The van der Waals surface area contributed by atoms with Crippen molar-refractivity contribution in [1.82, 2.24) is 10.6 Å². The van der Waals surface area contributed by atoms with E-state index >= 15 is 0 Å². The average Bonchev–Trinajstić information content (AvgIpc) is 2.71. The third kappa shape index (κ3) is 9.42. The number of nitrogens with zero attached hydrogens (tertiary/aromatic N) is 1. The minimum atomic E-state index is -3.22. The smallest absolute Gasteiger partial charge is 0.191 e. The van der Waals surface area contributed by atoms with Gasteiger partial charge in [-0.3, -0.25) is 4.99 Å². The molecule has 172 valence electrons. The molecule has 0 fully saturated rings. The molecule has 0 radical (unpaired) electrons. The van der Waals surface area contributed by atoms with Crippen LogP contribution in [-0.4, -0.2) is 41.3 Å². The van der Waals surface area contributed by atoms with Crippen LogP contribution in [0.3, 0.4) is 0 Å². The summed E-state index contributed by atoms with van der Waals surface area (Å²) in [6.07, 6.45) is 2.06. The van der Waals surface area contributed by atoms with Crippen molar-refractivity contribution < 1.29 is 17.5 Å². The predicted molar refractivity (Wildman–Crippen MR) is 135 cm³/mol. The number of hydrogen-bond donors (Lipinski definition) is 2. The summed E-state index contributed by atoms with van der Waals surface area (Å²) in [5.41, 5.74) is 2.40. The van der Waals surface area contributed by atoms with Crippen molar-refractivity contribution in [2.75, 3.05) is 27.0 Å². The molecule has 0 bridgehead atoms. The summed E-state index contributed by atoms with van der Waals surface area (Å²) < 4.78 is 42.1. The molecular weight excluding hydrogens is 532 g/mol. The zero-order valence-corrected chi connectivity index (χ0v) is 21.5. The molecule has 31 heavy (non-hydrogen) atoms. The van der Waals surface area contributed by atoms with E-state index in [-0.39, 0.29) is 36.3 Å². The molecule has 9 heteroatoms. The van der Waals surface area contributed by atoms with E-state index in [1.807, 2.05) is 12.1 Å². The predicted octanol–water partition coefficient (Wildman–Crippen LogP) is 3.86. The van der Waals surface area contributed by atoms with Crippen LogP contribution in [0.5, 0.6) is 5.75 Å². The Bertz CT molecular complexity index is 966. The normalized spacial score (nSPS) is 12.6. The van der Waals surface area contributed by atoms with Gasteiger partial charge >= 0.3 is 0 Å². The lowest BCUT2D eigenvalue weighted by Gasteiger charge is -2.16. The minimum absolute atomic E-state index is 0. The molecular formula is C22H31FIN3O3S. The van der Waals surface area contributed by atoms with E-state index < -0.39 is 15.7 Å². The van der Waals surface area contributed by atoms with Gasteiger partial charge in [0.1, 0.15) is 11.6 Å². The van der Waals surface area contributed by atoms with Gasteiger partial charge in [-0.05, 0) is 53.3 Å². The number of halogens is 2. The highest BCUT2D eigenvalue weighted by atomic mass is 127. The Balaban J connectivity index is 0.00000480. The van der Waals surface area contributed by atoms with Gasteiger partial charge in [-0.1, -0.05) is 25.1 Å². The highest BCUT2D eigenvalue weighted by Gasteiger charge is 2.11. The van der Waals surface area contributed by atoms with Gasteiger partial charge in [-0.15, -0.1) is 24.0 Å². The van der Waals surface area contributed by atoms with Gasteiger partial charge in [-0.25, -0.2) is 12.8 Å². The Morgan fingerprint density at radius 2 is 1.81 bits per heavy atom. The van der Waals surface area contributed by atoms with Crippen molar-refractivity contribution in [3.63, 3.8) is 0 Å². The van der Waals surface area contributed by atoms with Gasteiger partial charge in [0.25, 0.3) is 0 Å². The standard InChI is InChI=1S/C22H30FN3O3S.HI/c1-16(17-6-9-21(29-3)10-7-17)11-12-25-22(24-2)26-14-19-13-20(23)8-5-18(19)15-30(4,27)28;/h5-10,13,16H,11-12,14-15H2,1-4H3,(H2,24,25,26);1H. The highest BCUT2D eigenvalue weighted by molar-refractivity contribution is 14.0. The number of hydrogen-bond acceptors (Lipinski definition) is 4. The van der Waals surface area contributed by atoms with E-state index in [1.54, 1.807) is 14.2 Å². The van der Waals surface area contributed by atoms with Crippen LogP contribution in [0.1, 0.15) is 36.0 Å². The first-order chi connectivity index (χ1) is 14.2. The first kappa shape index (κ1) is 27.2. The number of aliphatic imine (C=N–C) groups is 1. The lowest BCUT2D eigenvalue weighted by molar-refractivity contribution is 0.414. The van der Waals surface area contributed by atoms with Gasteiger partial charge in [0, 0.05) is 26.4 Å². The number of nitrogens with one attached hydrogen (secondary N) is 2. The van der Waals surface area contributed by atoms with Crippen molar-refractivity contribution >= 4 is 39.8 Å². The molecule has 0 spiro atoms. The fourth-order valence-electron chi connectivity index (χ4n) is 3.09. The molecule has 0 amide bonds. The van der Waals surface area contributed by atoms with Crippen LogP contribution in [0.15, 0.2) is 47.5 Å². The molecule has 0 aliphatic rings. The Labute approximate surface area is 201 Å². The van der Waals surface area contributed by atoms with E-state index in [9.17, 15) is 12.8 Å². The Morgan fingerprint density at radius 1 is 1.13 bits per heavy atom. The monoisotopic (exact) mass is 563 g/mol. The van der Waals surface area contributed by atoms with Crippen molar-refractivity contribution in [2.45, 2.75) is 31.6 Å². The van der Waals surface area contributed by atoms with Crippen LogP contribution >= 0.6 is 24.0 Å². The highest BCUT2D eigenvalue weighted by Crippen LogP contribution is 2.21. The van der Waals surface area contributed by atoms with Crippen molar-refractivity contribution in [1.29, 1.82) is 0 Å². The zero-order valence-electron chi connectivity index (χ0n) is 18.3. The minimum Gasteiger partial charge on any atom is -0.497 e. The van der Waals surface area contributed by atoms with Crippen LogP contribution in [0.4, 0.5) is 4.39 Å². The number of ether oxygens (including phenoxy) is 1. The van der Waals surface area contributed by atoms with E-state index in [1.165, 1.54) is 23.8 Å². The number of guanidine groups is 1. The quantitative estimate of drug-likeness (QED) is 0.275. The molecule has 1 atom stereocenters. The molecule has 6 nitrogen and oxygen atoms in total. The third-order valence-electron chi connectivity index (χ3n) is 4.81. The number of sulfone groups is 1. The van der Waals surface area contributed by atoms with Crippen molar-refractivity contribution in [2.24, 2.45) is 4.99 Å². The number of methoxy groups -OCH3 is 1. The fourth-order valence-corrected chi connectivity index (χ4v) is 3.93. The fraction of sp³-hybridized carbons (Fsp3) is 0.409. The van der Waals surface area contributed by atoms with Crippen LogP contribution in [0.25, 0.3) is 0 Å². The summed E-state index contributed by atoms with van der Waals surface area (Å²) in [7, 11) is 0.0905. The Kier molecular flexibility index (Phi) is 11.3. The molecule has 2 aromatic rings. The van der Waals surface area contributed by atoms with Crippen LogP contribution < -0.4 is 15.4 Å². The van der Waals surface area contributed by atoms with E-state index in [0.717, 1.165) is 18.4 Å². The zero-order chi connectivity index (χ0) is 22.1. The van der Waals surface area contributed by atoms with E-state index in [2.05, 4.69) is 34.7 Å². The largest absolute Gasteiger partial charge is 0.497 e. The van der Waals surface area contributed by atoms with Gasteiger partial charge in [0.15, 0.2) is 15.8 Å². The average molecular weight is 563 g/mol. The van der Waals surface area contributed by atoms with Gasteiger partial charge < -0.3 is 15.4 Å². The molecule has 0 aliphatic heterocycles. The molecule has 0 saturated heterocycles. The number of rotatable bonds is 9. The SMILES string of the molecule is CN=C(NCCC(C)c1ccc(OC)cc1)NCc1cc(F)ccc1CS(C)(=O)=O.I. The number of benzene rings is 2. The van der Waals surface area contributed by atoms with Crippen LogP contribution in [0.2, 0.25) is 0 Å². The Hall–Kier alpha value is -1.88. The topological polar surface area (TPSA) is 79.8 Å².